The third-order valence-corrected chi connectivity index (χ3v) is 2.86. The fourth-order valence-electron chi connectivity index (χ4n) is 1.78. The zero-order valence-electron chi connectivity index (χ0n) is 11.2. The summed E-state index contributed by atoms with van der Waals surface area (Å²) in [4.78, 5) is 0. The fraction of sp³-hybridized carbons (Fsp3) is 0.250. The third-order valence-electron chi connectivity index (χ3n) is 2.86. The minimum absolute atomic E-state index is 0.232. The molecule has 0 aromatic heterocycles. The Hall–Kier alpha value is -2.03. The number of hydrogen-bond donors (Lipinski definition) is 1. The lowest BCUT2D eigenvalue weighted by Crippen LogP contribution is -2.11. The molecule has 0 aliphatic carbocycles. The van der Waals surface area contributed by atoms with Gasteiger partial charge >= 0.3 is 0 Å². The average molecular weight is 259 g/mol. The Balaban J connectivity index is 1.79. The van der Waals surface area contributed by atoms with Crippen LogP contribution in [0.4, 0.5) is 10.1 Å². The van der Waals surface area contributed by atoms with Crippen LogP contribution >= 0.6 is 0 Å². The van der Waals surface area contributed by atoms with Crippen molar-refractivity contribution in [1.29, 1.82) is 0 Å². The summed E-state index contributed by atoms with van der Waals surface area (Å²) in [6, 6.07) is 13.1. The Labute approximate surface area is 113 Å². The molecule has 2 aromatic carbocycles. The number of nitrogens with one attached hydrogen (secondary N) is 1. The summed E-state index contributed by atoms with van der Waals surface area (Å²) in [5.41, 5.74) is 2.91. The largest absolute Gasteiger partial charge is 0.492 e. The van der Waals surface area contributed by atoms with Crippen LogP contribution in [0.3, 0.4) is 0 Å². The highest BCUT2D eigenvalue weighted by atomic mass is 19.1. The van der Waals surface area contributed by atoms with E-state index in [-0.39, 0.29) is 5.82 Å². The van der Waals surface area contributed by atoms with Crippen LogP contribution in [0.2, 0.25) is 0 Å². The van der Waals surface area contributed by atoms with Crippen LogP contribution in [0.1, 0.15) is 11.1 Å². The molecule has 1 N–H and O–H groups in total. The zero-order valence-corrected chi connectivity index (χ0v) is 11.2. The molecule has 0 fully saturated rings. The molecular weight excluding hydrogens is 241 g/mol. The smallest absolute Gasteiger partial charge is 0.129 e. The van der Waals surface area contributed by atoms with Crippen molar-refractivity contribution in [3.05, 3.63) is 59.4 Å². The SMILES string of the molecule is Cc1cccc(NCCOc2ccc(C)c(F)c2)c1. The van der Waals surface area contributed by atoms with Crippen molar-refractivity contribution in [2.45, 2.75) is 13.8 Å². The van der Waals surface area contributed by atoms with Gasteiger partial charge in [0.1, 0.15) is 18.2 Å². The Bertz CT molecular complexity index is 554. The molecule has 0 aliphatic heterocycles. The van der Waals surface area contributed by atoms with E-state index < -0.39 is 0 Å². The molecule has 0 bridgehead atoms. The Morgan fingerprint density at radius 2 is 1.95 bits per heavy atom. The first-order valence-electron chi connectivity index (χ1n) is 6.34. The molecule has 0 spiro atoms. The number of hydrogen-bond acceptors (Lipinski definition) is 2. The minimum Gasteiger partial charge on any atom is -0.492 e. The van der Waals surface area contributed by atoms with Crippen LogP contribution in [0.5, 0.6) is 5.75 Å². The molecule has 2 nitrogen and oxygen atoms in total. The van der Waals surface area contributed by atoms with Gasteiger partial charge in [0.25, 0.3) is 0 Å². The van der Waals surface area contributed by atoms with E-state index in [0.29, 0.717) is 24.5 Å². The van der Waals surface area contributed by atoms with E-state index in [1.54, 1.807) is 19.1 Å². The summed E-state index contributed by atoms with van der Waals surface area (Å²) in [7, 11) is 0. The van der Waals surface area contributed by atoms with Crippen molar-refractivity contribution in [2.75, 3.05) is 18.5 Å². The standard InChI is InChI=1S/C16H18FNO/c1-12-4-3-5-14(10-12)18-8-9-19-15-7-6-13(2)16(17)11-15/h3-7,10-11,18H,8-9H2,1-2H3. The van der Waals surface area contributed by atoms with Gasteiger partial charge in [-0.25, -0.2) is 4.39 Å². The van der Waals surface area contributed by atoms with Gasteiger partial charge in [0, 0.05) is 18.3 Å². The maximum absolute atomic E-state index is 13.3. The highest BCUT2D eigenvalue weighted by Crippen LogP contribution is 2.15. The van der Waals surface area contributed by atoms with Gasteiger partial charge in [-0.3, -0.25) is 0 Å². The molecule has 0 radical (unpaired) electrons. The average Bonchev–Trinajstić information content (AvgIpc) is 2.39. The van der Waals surface area contributed by atoms with E-state index in [1.165, 1.54) is 11.6 Å². The molecule has 0 atom stereocenters. The van der Waals surface area contributed by atoms with Crippen molar-refractivity contribution in [1.82, 2.24) is 0 Å². The molecule has 2 rings (SSSR count). The second-order valence-electron chi connectivity index (χ2n) is 4.56. The number of ether oxygens (including phenoxy) is 1. The van der Waals surface area contributed by atoms with E-state index in [4.69, 9.17) is 4.74 Å². The molecule has 0 aliphatic rings. The van der Waals surface area contributed by atoms with Gasteiger partial charge in [0.2, 0.25) is 0 Å². The topological polar surface area (TPSA) is 21.3 Å². The molecular formula is C16H18FNO. The van der Waals surface area contributed by atoms with Gasteiger partial charge < -0.3 is 10.1 Å². The predicted octanol–water partition coefficient (Wildman–Crippen LogP) is 3.93. The van der Waals surface area contributed by atoms with Crippen molar-refractivity contribution < 1.29 is 9.13 Å². The first-order chi connectivity index (χ1) is 9.15. The molecule has 0 saturated heterocycles. The first-order valence-corrected chi connectivity index (χ1v) is 6.34. The van der Waals surface area contributed by atoms with Crippen LogP contribution in [0.15, 0.2) is 42.5 Å². The van der Waals surface area contributed by atoms with Gasteiger partial charge in [-0.15, -0.1) is 0 Å². The molecule has 19 heavy (non-hydrogen) atoms. The van der Waals surface area contributed by atoms with Gasteiger partial charge in [0.05, 0.1) is 0 Å². The van der Waals surface area contributed by atoms with Gasteiger partial charge in [-0.1, -0.05) is 18.2 Å². The second-order valence-corrected chi connectivity index (χ2v) is 4.56. The number of benzene rings is 2. The van der Waals surface area contributed by atoms with Crippen molar-refractivity contribution in [3.63, 3.8) is 0 Å². The van der Waals surface area contributed by atoms with Gasteiger partial charge in [-0.2, -0.15) is 0 Å². The fourth-order valence-corrected chi connectivity index (χ4v) is 1.78. The highest BCUT2D eigenvalue weighted by molar-refractivity contribution is 5.45. The number of halogens is 1. The Morgan fingerprint density at radius 3 is 2.68 bits per heavy atom. The van der Waals surface area contributed by atoms with Crippen LogP contribution < -0.4 is 10.1 Å². The van der Waals surface area contributed by atoms with E-state index in [1.807, 2.05) is 12.1 Å². The van der Waals surface area contributed by atoms with Gasteiger partial charge in [0.15, 0.2) is 0 Å². The zero-order chi connectivity index (χ0) is 13.7. The number of aryl methyl sites for hydroxylation is 2. The summed E-state index contributed by atoms with van der Waals surface area (Å²) >= 11 is 0. The first kappa shape index (κ1) is 13.4. The van der Waals surface area contributed by atoms with Crippen molar-refractivity contribution >= 4 is 5.69 Å². The third kappa shape index (κ3) is 3.98. The number of anilines is 1. The Kier molecular flexibility index (Phi) is 4.39. The molecule has 100 valence electrons. The Morgan fingerprint density at radius 1 is 1.11 bits per heavy atom. The van der Waals surface area contributed by atoms with Crippen molar-refractivity contribution in [3.8, 4) is 5.75 Å². The maximum atomic E-state index is 13.3. The molecule has 3 heteroatoms. The van der Waals surface area contributed by atoms with E-state index in [9.17, 15) is 4.39 Å². The normalized spacial score (nSPS) is 10.3. The van der Waals surface area contributed by atoms with E-state index >= 15 is 0 Å². The molecule has 0 unspecified atom stereocenters. The maximum Gasteiger partial charge on any atom is 0.129 e. The quantitative estimate of drug-likeness (QED) is 0.821. The van der Waals surface area contributed by atoms with Crippen LogP contribution in [0, 0.1) is 19.7 Å². The predicted molar refractivity (Wildman–Crippen MR) is 76.3 cm³/mol. The van der Waals surface area contributed by atoms with Gasteiger partial charge in [-0.05, 0) is 43.2 Å². The summed E-state index contributed by atoms with van der Waals surface area (Å²) in [6.07, 6.45) is 0. The van der Waals surface area contributed by atoms with Crippen LogP contribution in [-0.2, 0) is 0 Å². The number of rotatable bonds is 5. The summed E-state index contributed by atoms with van der Waals surface area (Å²) < 4.78 is 18.8. The lowest BCUT2D eigenvalue weighted by molar-refractivity contribution is 0.331. The minimum atomic E-state index is -0.232. The lowest BCUT2D eigenvalue weighted by atomic mass is 10.2. The summed E-state index contributed by atoms with van der Waals surface area (Å²) in [5.74, 6) is 0.332. The lowest BCUT2D eigenvalue weighted by Gasteiger charge is -2.09. The molecule has 2 aromatic rings. The van der Waals surface area contributed by atoms with Crippen molar-refractivity contribution in [2.24, 2.45) is 0 Å². The van der Waals surface area contributed by atoms with E-state index in [0.717, 1.165) is 5.69 Å². The monoisotopic (exact) mass is 259 g/mol. The molecule has 0 saturated carbocycles. The van der Waals surface area contributed by atoms with Crippen LogP contribution in [-0.4, -0.2) is 13.2 Å². The molecule has 0 amide bonds. The second kappa shape index (κ2) is 6.23. The summed E-state index contributed by atoms with van der Waals surface area (Å²) in [5, 5.41) is 3.26. The highest BCUT2D eigenvalue weighted by Gasteiger charge is 2.00. The summed E-state index contributed by atoms with van der Waals surface area (Å²) in [6.45, 7) is 4.96. The molecule has 0 heterocycles. The van der Waals surface area contributed by atoms with Crippen LogP contribution in [0.25, 0.3) is 0 Å². The van der Waals surface area contributed by atoms with E-state index in [2.05, 4.69) is 24.4 Å².